The van der Waals surface area contributed by atoms with E-state index in [-0.39, 0.29) is 23.7 Å². The fourth-order valence-electron chi connectivity index (χ4n) is 3.75. The predicted octanol–water partition coefficient (Wildman–Crippen LogP) is 3.11. The van der Waals surface area contributed by atoms with Crippen molar-refractivity contribution in [3.05, 3.63) is 35.9 Å². The van der Waals surface area contributed by atoms with Crippen molar-refractivity contribution in [2.45, 2.75) is 70.4 Å². The number of carbonyl (C=O) groups is 1. The van der Waals surface area contributed by atoms with Crippen molar-refractivity contribution < 1.29 is 23.7 Å². The van der Waals surface area contributed by atoms with E-state index >= 15 is 0 Å². The Morgan fingerprint density at radius 2 is 1.92 bits per heavy atom. The molecule has 2 aliphatic heterocycles. The summed E-state index contributed by atoms with van der Waals surface area (Å²) in [6.45, 7) is 8.74. The predicted molar refractivity (Wildman–Crippen MR) is 93.0 cm³/mol. The Bertz CT molecular complexity index is 583. The summed E-state index contributed by atoms with van der Waals surface area (Å²) in [6.07, 6.45) is 0.703. The van der Waals surface area contributed by atoms with Crippen LogP contribution in [-0.4, -0.2) is 42.6 Å². The number of benzene rings is 1. The van der Waals surface area contributed by atoms with E-state index in [4.69, 9.17) is 18.9 Å². The van der Waals surface area contributed by atoms with Crippen LogP contribution in [0.1, 0.15) is 39.7 Å². The normalized spacial score (nSPS) is 31.8. The monoisotopic (exact) mass is 348 g/mol. The zero-order chi connectivity index (χ0) is 18.1. The second-order valence-electron chi connectivity index (χ2n) is 7.97. The molecule has 2 fully saturated rings. The number of hydrogen-bond donors (Lipinski definition) is 0. The van der Waals surface area contributed by atoms with Crippen molar-refractivity contribution in [3.63, 3.8) is 0 Å². The highest BCUT2D eigenvalue weighted by Crippen LogP contribution is 2.42. The lowest BCUT2D eigenvalue weighted by atomic mass is 9.87. The number of ether oxygens (including phenoxy) is 4. The fraction of sp³-hybridized carbons (Fsp3) is 0.650. The number of hydrogen-bond acceptors (Lipinski definition) is 5. The molecule has 0 spiro atoms. The minimum atomic E-state index is -0.618. The van der Waals surface area contributed by atoms with Crippen LogP contribution in [0.3, 0.4) is 0 Å². The summed E-state index contributed by atoms with van der Waals surface area (Å²) < 4.78 is 23.9. The summed E-state index contributed by atoms with van der Waals surface area (Å²) in [7, 11) is 0. The lowest BCUT2D eigenvalue weighted by Crippen LogP contribution is -2.41. The second-order valence-corrected chi connectivity index (χ2v) is 7.97. The third-order valence-corrected chi connectivity index (χ3v) is 4.84. The Hall–Kier alpha value is -1.27. The summed E-state index contributed by atoms with van der Waals surface area (Å²) in [5.41, 5.74) is 0.730. The van der Waals surface area contributed by atoms with Gasteiger partial charge in [0.1, 0.15) is 18.5 Å². The van der Waals surface area contributed by atoms with Crippen molar-refractivity contribution in [3.8, 4) is 0 Å². The summed E-state index contributed by atoms with van der Waals surface area (Å²) in [5.74, 6) is -0.675. The van der Waals surface area contributed by atoms with Gasteiger partial charge in [-0.05, 0) is 39.7 Å². The first kappa shape index (κ1) is 18.5. The quantitative estimate of drug-likeness (QED) is 0.740. The van der Waals surface area contributed by atoms with Gasteiger partial charge in [-0.3, -0.25) is 0 Å². The third kappa shape index (κ3) is 4.47. The van der Waals surface area contributed by atoms with E-state index < -0.39 is 11.9 Å². The van der Waals surface area contributed by atoms with Gasteiger partial charge in [0, 0.05) is 5.92 Å². The van der Waals surface area contributed by atoms with Gasteiger partial charge >= 0.3 is 0 Å². The lowest BCUT2D eigenvalue weighted by molar-refractivity contribution is -0.167. The Balaban J connectivity index is 1.70. The van der Waals surface area contributed by atoms with Gasteiger partial charge in [-0.2, -0.15) is 0 Å². The van der Waals surface area contributed by atoms with Gasteiger partial charge in [0.05, 0.1) is 24.9 Å². The average Bonchev–Trinajstić information content (AvgIpc) is 3.08. The number of aldehydes is 1. The molecule has 0 N–H and O–H groups in total. The van der Waals surface area contributed by atoms with Crippen LogP contribution in [0.15, 0.2) is 30.3 Å². The minimum absolute atomic E-state index is 0.0567. The molecule has 3 rings (SSSR count). The summed E-state index contributed by atoms with van der Waals surface area (Å²) in [6, 6.07) is 9.87. The van der Waals surface area contributed by atoms with Crippen molar-refractivity contribution in [1.29, 1.82) is 0 Å². The van der Waals surface area contributed by atoms with Crippen LogP contribution < -0.4 is 0 Å². The molecular formula is C20H28O5. The van der Waals surface area contributed by atoms with Crippen LogP contribution in [0, 0.1) is 5.92 Å². The summed E-state index contributed by atoms with van der Waals surface area (Å²) in [4.78, 5) is 11.8. The molecule has 5 nitrogen and oxygen atoms in total. The second kappa shape index (κ2) is 7.16. The third-order valence-electron chi connectivity index (χ3n) is 4.84. The zero-order valence-corrected chi connectivity index (χ0v) is 15.4. The lowest BCUT2D eigenvalue weighted by Gasteiger charge is -2.28. The maximum Gasteiger partial charge on any atom is 0.163 e. The molecule has 4 atom stereocenters. The van der Waals surface area contributed by atoms with Crippen LogP contribution in [-0.2, 0) is 30.3 Å². The molecule has 0 aliphatic carbocycles. The van der Waals surface area contributed by atoms with Gasteiger partial charge in [-0.25, -0.2) is 0 Å². The van der Waals surface area contributed by atoms with Crippen LogP contribution in [0.5, 0.6) is 0 Å². The summed E-state index contributed by atoms with van der Waals surface area (Å²) in [5, 5.41) is 0. The molecule has 138 valence electrons. The standard InChI is InChI=1S/C20H28O5/c1-19(2)10-15(18(25-19)17-13-23-20(3,4)24-17)16(11-21)22-12-14-8-6-5-7-9-14/h5-9,11,15-18H,10,12-13H2,1-4H3/t15-,16-,17+,18+/m1/s1. The van der Waals surface area contributed by atoms with Crippen molar-refractivity contribution >= 4 is 6.29 Å². The molecule has 1 aromatic rings. The fourth-order valence-corrected chi connectivity index (χ4v) is 3.75. The van der Waals surface area contributed by atoms with Crippen LogP contribution in [0.2, 0.25) is 0 Å². The van der Waals surface area contributed by atoms with Crippen LogP contribution >= 0.6 is 0 Å². The molecule has 0 bridgehead atoms. The van der Waals surface area contributed by atoms with Crippen molar-refractivity contribution in [1.82, 2.24) is 0 Å². The Morgan fingerprint density at radius 3 is 2.52 bits per heavy atom. The first-order valence-electron chi connectivity index (χ1n) is 8.90. The molecule has 25 heavy (non-hydrogen) atoms. The van der Waals surface area contributed by atoms with E-state index in [2.05, 4.69) is 0 Å². The van der Waals surface area contributed by atoms with Gasteiger partial charge in [-0.1, -0.05) is 30.3 Å². The number of carbonyl (C=O) groups excluding carboxylic acids is 1. The number of rotatable bonds is 6. The molecule has 5 heteroatoms. The van der Waals surface area contributed by atoms with Gasteiger partial charge in [0.25, 0.3) is 0 Å². The van der Waals surface area contributed by atoms with E-state index in [1.54, 1.807) is 0 Å². The van der Waals surface area contributed by atoms with E-state index in [0.717, 1.165) is 18.3 Å². The Kier molecular flexibility index (Phi) is 5.30. The highest BCUT2D eigenvalue weighted by atomic mass is 16.8. The average molecular weight is 348 g/mol. The Morgan fingerprint density at radius 1 is 1.20 bits per heavy atom. The molecule has 0 radical (unpaired) electrons. The molecule has 0 amide bonds. The van der Waals surface area contributed by atoms with Crippen LogP contribution in [0.4, 0.5) is 0 Å². The molecule has 2 heterocycles. The molecule has 2 aliphatic rings. The van der Waals surface area contributed by atoms with Crippen LogP contribution in [0.25, 0.3) is 0 Å². The molecule has 2 saturated heterocycles. The first-order valence-corrected chi connectivity index (χ1v) is 8.90. The van der Waals surface area contributed by atoms with E-state index in [1.165, 1.54) is 0 Å². The maximum absolute atomic E-state index is 11.8. The van der Waals surface area contributed by atoms with Gasteiger partial charge < -0.3 is 23.7 Å². The topological polar surface area (TPSA) is 54.0 Å². The first-order chi connectivity index (χ1) is 11.8. The summed E-state index contributed by atoms with van der Waals surface area (Å²) >= 11 is 0. The maximum atomic E-state index is 11.8. The highest BCUT2D eigenvalue weighted by Gasteiger charge is 2.51. The molecule has 0 aromatic heterocycles. The van der Waals surface area contributed by atoms with E-state index in [0.29, 0.717) is 13.2 Å². The van der Waals surface area contributed by atoms with Crippen molar-refractivity contribution in [2.75, 3.05) is 6.61 Å². The molecule has 1 aromatic carbocycles. The van der Waals surface area contributed by atoms with E-state index in [9.17, 15) is 4.79 Å². The molecule has 0 unspecified atom stereocenters. The molecule has 0 saturated carbocycles. The zero-order valence-electron chi connectivity index (χ0n) is 15.4. The van der Waals surface area contributed by atoms with Gasteiger partial charge in [-0.15, -0.1) is 0 Å². The van der Waals surface area contributed by atoms with Gasteiger partial charge in [0.15, 0.2) is 5.79 Å². The largest absolute Gasteiger partial charge is 0.369 e. The molecular weight excluding hydrogens is 320 g/mol. The SMILES string of the molecule is CC1(C)C[C@H]([C@@H](C=O)OCc2ccccc2)[C@@H]([C@@H]2COC(C)(C)O2)O1. The Labute approximate surface area is 149 Å². The highest BCUT2D eigenvalue weighted by molar-refractivity contribution is 5.57. The van der Waals surface area contributed by atoms with Gasteiger partial charge in [0.2, 0.25) is 0 Å². The van der Waals surface area contributed by atoms with Crippen molar-refractivity contribution in [2.24, 2.45) is 5.92 Å². The van der Waals surface area contributed by atoms with E-state index in [1.807, 2.05) is 58.0 Å². The smallest absolute Gasteiger partial charge is 0.163 e. The minimum Gasteiger partial charge on any atom is -0.369 e.